The summed E-state index contributed by atoms with van der Waals surface area (Å²) in [6.07, 6.45) is 0.674. The van der Waals surface area contributed by atoms with E-state index in [1.807, 2.05) is 11.4 Å². The molecule has 0 saturated carbocycles. The molecule has 0 spiro atoms. The molecule has 0 fully saturated rings. The maximum Gasteiger partial charge on any atom is 0.387 e. The van der Waals surface area contributed by atoms with Gasteiger partial charge in [0.05, 0.1) is 4.90 Å². The lowest BCUT2D eigenvalue weighted by atomic mass is 10.1. The average molecular weight is 479 g/mol. The molecule has 1 N–H and O–H groups in total. The molecule has 6 nitrogen and oxygen atoms in total. The second-order valence-corrected chi connectivity index (χ2v) is 10.1. The predicted molar refractivity (Wildman–Crippen MR) is 116 cm³/mol. The molecule has 3 aromatic rings. The van der Waals surface area contributed by atoms with E-state index in [0.717, 1.165) is 5.56 Å². The number of sulfonamides is 1. The summed E-state index contributed by atoms with van der Waals surface area (Å²) >= 11 is 1.63. The Labute approximate surface area is 188 Å². The van der Waals surface area contributed by atoms with Crippen molar-refractivity contribution in [2.75, 3.05) is 6.54 Å². The molecule has 168 valence electrons. The molecular formula is C22H20F2N2O4S2. The van der Waals surface area contributed by atoms with E-state index in [-0.39, 0.29) is 22.8 Å². The number of nitrogens with zero attached hydrogens (tertiary/aromatic N) is 1. The molecular weight excluding hydrogens is 458 g/mol. The molecule has 1 amide bonds. The normalized spacial score (nSPS) is 14.2. The van der Waals surface area contributed by atoms with Crippen molar-refractivity contribution in [3.8, 4) is 5.75 Å². The zero-order valence-electron chi connectivity index (χ0n) is 16.8. The third kappa shape index (κ3) is 4.98. The number of amides is 1. The van der Waals surface area contributed by atoms with Crippen molar-refractivity contribution in [3.63, 3.8) is 0 Å². The Morgan fingerprint density at radius 2 is 1.94 bits per heavy atom. The third-order valence-corrected chi connectivity index (χ3v) is 7.97. The molecule has 0 saturated heterocycles. The van der Waals surface area contributed by atoms with E-state index in [9.17, 15) is 22.0 Å². The van der Waals surface area contributed by atoms with Gasteiger partial charge in [0.1, 0.15) is 5.75 Å². The fourth-order valence-electron chi connectivity index (χ4n) is 3.45. The Balaban J connectivity index is 1.42. The lowest BCUT2D eigenvalue weighted by Crippen LogP contribution is -2.35. The van der Waals surface area contributed by atoms with Crippen molar-refractivity contribution < 1.29 is 26.7 Å². The highest BCUT2D eigenvalue weighted by atomic mass is 32.2. The minimum absolute atomic E-state index is 0.0280. The Hall–Kier alpha value is -2.82. The molecule has 2 aromatic carbocycles. The van der Waals surface area contributed by atoms with Gasteiger partial charge in [-0.05, 0) is 59.3 Å². The van der Waals surface area contributed by atoms with Crippen LogP contribution in [0.3, 0.4) is 0 Å². The van der Waals surface area contributed by atoms with Gasteiger partial charge in [-0.15, -0.1) is 11.3 Å². The average Bonchev–Trinajstić information content (AvgIpc) is 3.26. The summed E-state index contributed by atoms with van der Waals surface area (Å²) in [6.45, 7) is -2.03. The number of carbonyl (C=O) groups excluding carboxylic acids is 1. The molecule has 2 heterocycles. The van der Waals surface area contributed by atoms with Crippen molar-refractivity contribution >= 4 is 27.3 Å². The van der Waals surface area contributed by atoms with Crippen LogP contribution in [0.4, 0.5) is 8.78 Å². The summed E-state index contributed by atoms with van der Waals surface area (Å²) in [5.74, 6) is -0.408. The maximum absolute atomic E-state index is 13.1. The van der Waals surface area contributed by atoms with E-state index in [2.05, 4.69) is 10.1 Å². The number of nitrogens with one attached hydrogen (secondary N) is 1. The second-order valence-electron chi connectivity index (χ2n) is 7.19. The van der Waals surface area contributed by atoms with E-state index in [1.54, 1.807) is 29.5 Å². The number of halogens is 2. The monoisotopic (exact) mass is 478 g/mol. The molecule has 1 aliphatic rings. The van der Waals surface area contributed by atoms with Crippen LogP contribution in [-0.2, 0) is 29.5 Å². The van der Waals surface area contributed by atoms with Gasteiger partial charge in [0.15, 0.2) is 0 Å². The highest BCUT2D eigenvalue weighted by Crippen LogP contribution is 2.28. The fourth-order valence-corrected chi connectivity index (χ4v) is 5.80. The number of rotatable bonds is 7. The summed E-state index contributed by atoms with van der Waals surface area (Å²) in [6, 6.07) is 13.8. The fraction of sp³-hybridized carbons (Fsp3) is 0.227. The number of fused-ring (bicyclic) bond motifs is 1. The van der Waals surface area contributed by atoms with Gasteiger partial charge in [0.2, 0.25) is 10.0 Å². The summed E-state index contributed by atoms with van der Waals surface area (Å²) < 4.78 is 56.4. The maximum atomic E-state index is 13.1. The number of carbonyl (C=O) groups is 1. The van der Waals surface area contributed by atoms with E-state index < -0.39 is 22.5 Å². The van der Waals surface area contributed by atoms with Crippen LogP contribution >= 0.6 is 11.3 Å². The molecule has 32 heavy (non-hydrogen) atoms. The molecule has 0 aliphatic carbocycles. The number of hydrogen-bond donors (Lipinski definition) is 1. The van der Waals surface area contributed by atoms with Gasteiger partial charge in [0.25, 0.3) is 5.91 Å². The number of thiophene rings is 1. The van der Waals surface area contributed by atoms with Crippen LogP contribution in [0.25, 0.3) is 0 Å². The van der Waals surface area contributed by atoms with Crippen LogP contribution in [-0.4, -0.2) is 31.8 Å². The smallest absolute Gasteiger partial charge is 0.387 e. The molecule has 1 aromatic heterocycles. The van der Waals surface area contributed by atoms with Crippen molar-refractivity contribution in [1.29, 1.82) is 0 Å². The summed E-state index contributed by atoms with van der Waals surface area (Å²) in [4.78, 5) is 13.8. The standard InChI is InChI=1S/C22H20F2N2O4S2/c23-22(24)30-18-6-4-15(5-7-18)13-25-21(27)16-2-1-3-19(12-16)32(28,29)26-10-8-20-17(14-26)9-11-31-20/h1-7,9,11-12,22H,8,10,13-14H2,(H,25,27). The first-order valence-electron chi connectivity index (χ1n) is 9.80. The van der Waals surface area contributed by atoms with Crippen LogP contribution < -0.4 is 10.1 Å². The summed E-state index contributed by atoms with van der Waals surface area (Å²) in [7, 11) is -3.74. The largest absolute Gasteiger partial charge is 0.435 e. The van der Waals surface area contributed by atoms with Crippen molar-refractivity contribution in [2.45, 2.75) is 31.0 Å². The van der Waals surface area contributed by atoms with Gasteiger partial charge in [-0.1, -0.05) is 18.2 Å². The van der Waals surface area contributed by atoms with Crippen LogP contribution in [0.2, 0.25) is 0 Å². The number of benzene rings is 2. The first kappa shape index (κ1) is 22.4. The lowest BCUT2D eigenvalue weighted by Gasteiger charge is -2.26. The molecule has 10 heteroatoms. The first-order valence-corrected chi connectivity index (χ1v) is 12.1. The molecule has 0 atom stereocenters. The van der Waals surface area contributed by atoms with Crippen molar-refractivity contribution in [1.82, 2.24) is 9.62 Å². The van der Waals surface area contributed by atoms with Crippen LogP contribution in [0.1, 0.15) is 26.4 Å². The third-order valence-electron chi connectivity index (χ3n) is 5.11. The van der Waals surface area contributed by atoms with Gasteiger partial charge in [-0.3, -0.25) is 4.79 Å². The minimum atomic E-state index is -3.74. The molecule has 0 bridgehead atoms. The van der Waals surface area contributed by atoms with Gasteiger partial charge in [0, 0.05) is 30.1 Å². The van der Waals surface area contributed by atoms with Crippen LogP contribution in [0, 0.1) is 0 Å². The van der Waals surface area contributed by atoms with Crippen LogP contribution in [0.5, 0.6) is 5.75 Å². The van der Waals surface area contributed by atoms with Crippen LogP contribution in [0.15, 0.2) is 64.9 Å². The van der Waals surface area contributed by atoms with Gasteiger partial charge < -0.3 is 10.1 Å². The SMILES string of the molecule is O=C(NCc1ccc(OC(F)F)cc1)c1cccc(S(=O)(=O)N2CCc3sccc3C2)c1. The summed E-state index contributed by atoms with van der Waals surface area (Å²) in [5, 5.41) is 4.67. The van der Waals surface area contributed by atoms with E-state index in [4.69, 9.17) is 0 Å². The van der Waals surface area contributed by atoms with Gasteiger partial charge in [-0.2, -0.15) is 13.1 Å². The zero-order chi connectivity index (χ0) is 22.7. The molecule has 1 aliphatic heterocycles. The number of alkyl halides is 2. The highest BCUT2D eigenvalue weighted by molar-refractivity contribution is 7.89. The topological polar surface area (TPSA) is 75.7 Å². The Morgan fingerprint density at radius 3 is 2.69 bits per heavy atom. The molecule has 0 radical (unpaired) electrons. The zero-order valence-corrected chi connectivity index (χ0v) is 18.5. The molecule has 4 rings (SSSR count). The number of hydrogen-bond acceptors (Lipinski definition) is 5. The lowest BCUT2D eigenvalue weighted by molar-refractivity contribution is -0.0498. The highest BCUT2D eigenvalue weighted by Gasteiger charge is 2.29. The quantitative estimate of drug-likeness (QED) is 0.557. The molecule has 0 unspecified atom stereocenters. The second kappa shape index (κ2) is 9.35. The van der Waals surface area contributed by atoms with Gasteiger partial charge in [-0.25, -0.2) is 8.42 Å². The Kier molecular flexibility index (Phi) is 6.54. The Bertz CT molecular complexity index is 1210. The van der Waals surface area contributed by atoms with E-state index in [1.165, 1.54) is 39.5 Å². The van der Waals surface area contributed by atoms with E-state index in [0.29, 0.717) is 25.1 Å². The van der Waals surface area contributed by atoms with Crippen molar-refractivity contribution in [3.05, 3.63) is 81.5 Å². The van der Waals surface area contributed by atoms with E-state index >= 15 is 0 Å². The minimum Gasteiger partial charge on any atom is -0.435 e. The predicted octanol–water partition coefficient (Wildman–Crippen LogP) is 4.03. The summed E-state index contributed by atoms with van der Waals surface area (Å²) in [5.41, 5.74) is 1.92. The van der Waals surface area contributed by atoms with Crippen molar-refractivity contribution in [2.24, 2.45) is 0 Å². The Morgan fingerprint density at radius 1 is 1.16 bits per heavy atom. The first-order chi connectivity index (χ1) is 15.3. The van der Waals surface area contributed by atoms with Gasteiger partial charge >= 0.3 is 6.61 Å². The number of ether oxygens (including phenoxy) is 1.